The van der Waals surface area contributed by atoms with E-state index in [-0.39, 0.29) is 23.9 Å². The summed E-state index contributed by atoms with van der Waals surface area (Å²) in [4.78, 5) is 24.8. The highest BCUT2D eigenvalue weighted by molar-refractivity contribution is 7.09. The summed E-state index contributed by atoms with van der Waals surface area (Å²) in [6.07, 6.45) is 1.57. The van der Waals surface area contributed by atoms with Gasteiger partial charge in [-0.15, -0.1) is 11.3 Å². The van der Waals surface area contributed by atoms with Crippen molar-refractivity contribution in [2.75, 3.05) is 0 Å². The Morgan fingerprint density at radius 3 is 2.84 bits per heavy atom. The zero-order chi connectivity index (χ0) is 17.8. The van der Waals surface area contributed by atoms with E-state index in [1.807, 2.05) is 24.4 Å². The fourth-order valence-electron chi connectivity index (χ4n) is 2.62. The van der Waals surface area contributed by atoms with E-state index in [2.05, 4.69) is 0 Å². The van der Waals surface area contributed by atoms with Crippen LogP contribution in [0.4, 0.5) is 0 Å². The number of thiophene rings is 1. The number of hydrogen-bond donors (Lipinski definition) is 1. The van der Waals surface area contributed by atoms with Crippen LogP contribution in [0.25, 0.3) is 11.0 Å². The Morgan fingerprint density at radius 1 is 1.28 bits per heavy atom. The number of ether oxygens (including phenoxy) is 1. The van der Waals surface area contributed by atoms with E-state index >= 15 is 0 Å². The SMILES string of the molecule is CCc1cc2c(COC(=O)CCc3cccs3)cc(=O)oc2cc1O. The predicted molar refractivity (Wildman–Crippen MR) is 96.0 cm³/mol. The Morgan fingerprint density at radius 2 is 2.12 bits per heavy atom. The Labute approximate surface area is 148 Å². The molecule has 0 aliphatic rings. The molecule has 25 heavy (non-hydrogen) atoms. The first-order valence-corrected chi connectivity index (χ1v) is 8.91. The molecule has 0 radical (unpaired) electrons. The molecule has 0 fully saturated rings. The van der Waals surface area contributed by atoms with E-state index in [0.717, 1.165) is 10.4 Å². The molecule has 1 N–H and O–H groups in total. The van der Waals surface area contributed by atoms with Crippen LogP contribution in [0.5, 0.6) is 5.75 Å². The summed E-state index contributed by atoms with van der Waals surface area (Å²) in [5, 5.41) is 12.6. The number of phenols is 1. The number of aromatic hydroxyl groups is 1. The van der Waals surface area contributed by atoms with Crippen molar-refractivity contribution >= 4 is 28.3 Å². The first kappa shape index (κ1) is 17.2. The van der Waals surface area contributed by atoms with Gasteiger partial charge in [0.15, 0.2) is 0 Å². The molecule has 1 aromatic carbocycles. The van der Waals surface area contributed by atoms with Crippen LogP contribution in [0, 0.1) is 0 Å². The first-order valence-electron chi connectivity index (χ1n) is 8.03. The van der Waals surface area contributed by atoms with E-state index in [0.29, 0.717) is 30.2 Å². The highest BCUT2D eigenvalue weighted by Crippen LogP contribution is 2.27. The molecule has 2 heterocycles. The molecule has 0 unspecified atom stereocenters. The molecule has 0 spiro atoms. The topological polar surface area (TPSA) is 76.7 Å². The summed E-state index contributed by atoms with van der Waals surface area (Å²) in [5.74, 6) is -0.229. The van der Waals surface area contributed by atoms with Crippen LogP contribution in [0.1, 0.15) is 29.3 Å². The van der Waals surface area contributed by atoms with Crippen molar-refractivity contribution in [3.05, 3.63) is 62.1 Å². The molecule has 0 aliphatic heterocycles. The maximum atomic E-state index is 12.0. The van der Waals surface area contributed by atoms with Gasteiger partial charge < -0.3 is 14.3 Å². The summed E-state index contributed by atoms with van der Waals surface area (Å²) in [7, 11) is 0. The normalized spacial score (nSPS) is 10.9. The van der Waals surface area contributed by atoms with Crippen molar-refractivity contribution in [3.63, 3.8) is 0 Å². The van der Waals surface area contributed by atoms with Gasteiger partial charge in [0.1, 0.15) is 17.9 Å². The van der Waals surface area contributed by atoms with E-state index in [4.69, 9.17) is 9.15 Å². The average Bonchev–Trinajstić information content (AvgIpc) is 3.10. The molecular formula is C19H18O5S. The molecule has 3 aromatic rings. The van der Waals surface area contributed by atoms with E-state index in [1.165, 1.54) is 12.1 Å². The standard InChI is InChI=1S/C19H18O5S/c1-2-12-8-15-13(9-19(22)24-17(15)10-16(12)20)11-23-18(21)6-5-14-4-3-7-25-14/h3-4,7-10,20H,2,5-6,11H2,1H3. The zero-order valence-corrected chi connectivity index (χ0v) is 14.6. The van der Waals surface area contributed by atoms with Crippen LogP contribution in [0.15, 0.2) is 44.9 Å². The van der Waals surface area contributed by atoms with Gasteiger partial charge in [0.05, 0.1) is 6.42 Å². The number of phenolic OH excluding ortho intramolecular Hbond substituents is 1. The lowest BCUT2D eigenvalue weighted by Crippen LogP contribution is -2.08. The molecule has 130 valence electrons. The maximum absolute atomic E-state index is 12.0. The van der Waals surface area contributed by atoms with Crippen molar-refractivity contribution in [3.8, 4) is 5.75 Å². The van der Waals surface area contributed by atoms with Crippen LogP contribution < -0.4 is 5.63 Å². The summed E-state index contributed by atoms with van der Waals surface area (Å²) in [6, 6.07) is 8.44. The monoisotopic (exact) mass is 358 g/mol. The van der Waals surface area contributed by atoms with Crippen molar-refractivity contribution in [2.24, 2.45) is 0 Å². The second-order valence-electron chi connectivity index (χ2n) is 5.66. The lowest BCUT2D eigenvalue weighted by atomic mass is 10.0. The van der Waals surface area contributed by atoms with Crippen molar-refractivity contribution < 1.29 is 19.1 Å². The minimum absolute atomic E-state index is 0.000691. The second-order valence-corrected chi connectivity index (χ2v) is 6.69. The molecule has 5 nitrogen and oxygen atoms in total. The summed E-state index contributed by atoms with van der Waals surface area (Å²) in [5.41, 5.74) is 1.06. The van der Waals surface area contributed by atoms with Crippen molar-refractivity contribution in [1.29, 1.82) is 0 Å². The Bertz CT molecular complexity index is 940. The van der Waals surface area contributed by atoms with Gasteiger partial charge in [-0.2, -0.15) is 0 Å². The lowest BCUT2D eigenvalue weighted by molar-refractivity contribution is -0.144. The average molecular weight is 358 g/mol. The zero-order valence-electron chi connectivity index (χ0n) is 13.8. The predicted octanol–water partition coefficient (Wildman–Crippen LogP) is 3.80. The van der Waals surface area contributed by atoms with Crippen LogP contribution >= 0.6 is 11.3 Å². The number of carbonyl (C=O) groups excluding carboxylic acids is 1. The summed E-state index contributed by atoms with van der Waals surface area (Å²) >= 11 is 1.60. The third-order valence-corrected chi connectivity index (χ3v) is 4.89. The van der Waals surface area contributed by atoms with Crippen molar-refractivity contribution in [1.82, 2.24) is 0 Å². The number of benzene rings is 1. The summed E-state index contributed by atoms with van der Waals surface area (Å²) < 4.78 is 10.4. The highest BCUT2D eigenvalue weighted by atomic mass is 32.1. The molecule has 3 rings (SSSR count). The molecule has 0 atom stereocenters. The van der Waals surface area contributed by atoms with E-state index in [9.17, 15) is 14.7 Å². The first-order chi connectivity index (χ1) is 12.1. The van der Waals surface area contributed by atoms with Gasteiger partial charge >= 0.3 is 11.6 Å². The molecule has 0 saturated heterocycles. The number of aryl methyl sites for hydroxylation is 2. The van der Waals surface area contributed by atoms with E-state index < -0.39 is 5.63 Å². The van der Waals surface area contributed by atoms with Crippen LogP contribution in [-0.2, 0) is 29.0 Å². The molecule has 6 heteroatoms. The maximum Gasteiger partial charge on any atom is 0.336 e. The minimum atomic E-state index is -0.541. The number of esters is 1. The molecule has 0 amide bonds. The third kappa shape index (κ3) is 4.09. The number of rotatable bonds is 6. The smallest absolute Gasteiger partial charge is 0.336 e. The van der Waals surface area contributed by atoms with Gasteiger partial charge in [0, 0.05) is 28.0 Å². The molecule has 0 bridgehead atoms. The Kier molecular flexibility index (Phi) is 5.19. The van der Waals surface area contributed by atoms with Gasteiger partial charge in [-0.1, -0.05) is 13.0 Å². The number of hydrogen-bond acceptors (Lipinski definition) is 6. The molecule has 0 saturated carbocycles. The largest absolute Gasteiger partial charge is 0.508 e. The van der Waals surface area contributed by atoms with Crippen LogP contribution in [0.2, 0.25) is 0 Å². The fraction of sp³-hybridized carbons (Fsp3) is 0.263. The number of carbonyl (C=O) groups is 1. The molecule has 2 aromatic heterocycles. The van der Waals surface area contributed by atoms with Crippen LogP contribution in [-0.4, -0.2) is 11.1 Å². The van der Waals surface area contributed by atoms with Gasteiger partial charge in [-0.05, 0) is 35.9 Å². The number of fused-ring (bicyclic) bond motifs is 1. The molecular weight excluding hydrogens is 340 g/mol. The quantitative estimate of drug-likeness (QED) is 0.536. The Hall–Kier alpha value is -2.60. The highest BCUT2D eigenvalue weighted by Gasteiger charge is 2.12. The summed E-state index contributed by atoms with van der Waals surface area (Å²) in [6.45, 7) is 1.92. The Balaban J connectivity index is 1.76. The third-order valence-electron chi connectivity index (χ3n) is 3.95. The molecule has 0 aliphatic carbocycles. The van der Waals surface area contributed by atoms with Gasteiger partial charge in [0.2, 0.25) is 0 Å². The van der Waals surface area contributed by atoms with Gasteiger partial charge in [-0.25, -0.2) is 4.79 Å². The van der Waals surface area contributed by atoms with E-state index in [1.54, 1.807) is 17.4 Å². The van der Waals surface area contributed by atoms with Crippen LogP contribution in [0.3, 0.4) is 0 Å². The van der Waals surface area contributed by atoms with Crippen molar-refractivity contribution in [2.45, 2.75) is 32.8 Å². The van der Waals surface area contributed by atoms with Gasteiger partial charge in [-0.3, -0.25) is 4.79 Å². The lowest BCUT2D eigenvalue weighted by Gasteiger charge is -2.09. The second kappa shape index (κ2) is 7.53. The fourth-order valence-corrected chi connectivity index (χ4v) is 3.33. The van der Waals surface area contributed by atoms with Gasteiger partial charge in [0.25, 0.3) is 0 Å². The minimum Gasteiger partial charge on any atom is -0.508 e.